The molecule has 0 saturated heterocycles. The summed E-state index contributed by atoms with van der Waals surface area (Å²) >= 11 is 0. The van der Waals surface area contributed by atoms with Crippen LogP contribution in [0.3, 0.4) is 0 Å². The molecule has 0 aliphatic heterocycles. The molecule has 0 saturated carbocycles. The molecule has 0 fully saturated rings. The summed E-state index contributed by atoms with van der Waals surface area (Å²) in [6, 6.07) is 16.5. The van der Waals surface area contributed by atoms with E-state index in [1.165, 1.54) is 24.3 Å². The predicted octanol–water partition coefficient (Wildman–Crippen LogP) is 6.42. The lowest BCUT2D eigenvalue weighted by molar-refractivity contribution is 0.0729. The van der Waals surface area contributed by atoms with Crippen molar-refractivity contribution in [3.63, 3.8) is 0 Å². The van der Waals surface area contributed by atoms with Gasteiger partial charge in [0.25, 0.3) is 0 Å². The van der Waals surface area contributed by atoms with Gasteiger partial charge in [-0.05, 0) is 66.1 Å². The van der Waals surface area contributed by atoms with Gasteiger partial charge in [0.05, 0.1) is 12.2 Å². The molecule has 3 nitrogen and oxygen atoms in total. The van der Waals surface area contributed by atoms with Crippen LogP contribution < -0.4 is 9.47 Å². The Balaban J connectivity index is 1.63. The van der Waals surface area contributed by atoms with Crippen molar-refractivity contribution in [3.05, 3.63) is 83.9 Å². The molecule has 0 amide bonds. The van der Waals surface area contributed by atoms with E-state index in [4.69, 9.17) is 9.47 Å². The van der Waals surface area contributed by atoms with E-state index in [-0.39, 0.29) is 11.4 Å². The molecule has 3 aromatic carbocycles. The third-order valence-electron chi connectivity index (χ3n) is 4.42. The Labute approximate surface area is 168 Å². The van der Waals surface area contributed by atoms with Crippen molar-refractivity contribution in [2.24, 2.45) is 0 Å². The Morgan fingerprint density at radius 3 is 2.14 bits per heavy atom. The average Bonchev–Trinajstić information content (AvgIpc) is 2.73. The molecule has 29 heavy (non-hydrogen) atoms. The molecule has 0 aliphatic rings. The maximum atomic E-state index is 14.4. The summed E-state index contributed by atoms with van der Waals surface area (Å²) in [4.78, 5) is 12.3. The van der Waals surface area contributed by atoms with Crippen molar-refractivity contribution in [1.82, 2.24) is 0 Å². The van der Waals surface area contributed by atoms with Crippen LogP contribution in [-0.2, 0) is 0 Å². The maximum Gasteiger partial charge on any atom is 0.346 e. The van der Waals surface area contributed by atoms with E-state index in [9.17, 15) is 13.6 Å². The first-order valence-electron chi connectivity index (χ1n) is 9.57. The van der Waals surface area contributed by atoms with Crippen LogP contribution in [0.2, 0.25) is 0 Å². The average molecular weight is 396 g/mol. The SMILES string of the molecule is CCCCCOc1ccc(OC(=O)c2ccc(-c3ccc(F)cc3)cc2F)cc1. The van der Waals surface area contributed by atoms with Crippen LogP contribution in [0.15, 0.2) is 66.7 Å². The number of carbonyl (C=O) groups is 1. The molecule has 5 heteroatoms. The second-order valence-corrected chi connectivity index (χ2v) is 6.62. The summed E-state index contributed by atoms with van der Waals surface area (Å²) in [5.41, 5.74) is 1.03. The fourth-order valence-corrected chi connectivity index (χ4v) is 2.81. The number of ether oxygens (including phenoxy) is 2. The van der Waals surface area contributed by atoms with E-state index in [1.54, 1.807) is 42.5 Å². The highest BCUT2D eigenvalue weighted by Gasteiger charge is 2.15. The van der Waals surface area contributed by atoms with Gasteiger partial charge in [-0.15, -0.1) is 0 Å². The number of rotatable bonds is 8. The van der Waals surface area contributed by atoms with E-state index in [1.807, 2.05) is 0 Å². The highest BCUT2D eigenvalue weighted by atomic mass is 19.1. The third kappa shape index (κ3) is 5.64. The minimum Gasteiger partial charge on any atom is -0.494 e. The van der Waals surface area contributed by atoms with Gasteiger partial charge in [0.2, 0.25) is 0 Å². The number of hydrogen-bond donors (Lipinski definition) is 0. The number of carbonyl (C=O) groups excluding carboxylic acids is 1. The van der Waals surface area contributed by atoms with E-state index in [0.29, 0.717) is 29.2 Å². The lowest BCUT2D eigenvalue weighted by Crippen LogP contribution is -2.10. The molecule has 0 spiro atoms. The fourth-order valence-electron chi connectivity index (χ4n) is 2.81. The fraction of sp³-hybridized carbons (Fsp3) is 0.208. The van der Waals surface area contributed by atoms with Crippen LogP contribution in [0.4, 0.5) is 8.78 Å². The second-order valence-electron chi connectivity index (χ2n) is 6.62. The number of halogens is 2. The summed E-state index contributed by atoms with van der Waals surface area (Å²) in [5.74, 6) is -0.863. The van der Waals surface area contributed by atoms with Crippen molar-refractivity contribution >= 4 is 5.97 Å². The predicted molar refractivity (Wildman–Crippen MR) is 108 cm³/mol. The molecule has 0 heterocycles. The molecule has 3 aromatic rings. The minimum absolute atomic E-state index is 0.171. The number of esters is 1. The topological polar surface area (TPSA) is 35.5 Å². The molecule has 0 radical (unpaired) electrons. The van der Waals surface area contributed by atoms with Crippen LogP contribution in [-0.4, -0.2) is 12.6 Å². The normalized spacial score (nSPS) is 10.6. The lowest BCUT2D eigenvalue weighted by Gasteiger charge is -2.09. The van der Waals surface area contributed by atoms with E-state index in [0.717, 1.165) is 19.3 Å². The molecule has 0 aliphatic carbocycles. The second kappa shape index (κ2) is 9.82. The number of benzene rings is 3. The van der Waals surface area contributed by atoms with Crippen molar-refractivity contribution in [2.45, 2.75) is 26.2 Å². The molecule has 150 valence electrons. The Bertz CT molecular complexity index is 951. The molecule has 0 aromatic heterocycles. The monoisotopic (exact) mass is 396 g/mol. The summed E-state index contributed by atoms with van der Waals surface area (Å²) in [7, 11) is 0. The van der Waals surface area contributed by atoms with Gasteiger partial charge in [-0.2, -0.15) is 0 Å². The van der Waals surface area contributed by atoms with Gasteiger partial charge in [0.15, 0.2) is 0 Å². The largest absolute Gasteiger partial charge is 0.494 e. The number of hydrogen-bond acceptors (Lipinski definition) is 3. The van der Waals surface area contributed by atoms with Crippen LogP contribution >= 0.6 is 0 Å². The smallest absolute Gasteiger partial charge is 0.346 e. The molecule has 3 rings (SSSR count). The van der Waals surface area contributed by atoms with Gasteiger partial charge in [-0.25, -0.2) is 13.6 Å². The maximum absolute atomic E-state index is 14.4. The quantitative estimate of drug-likeness (QED) is 0.250. The Morgan fingerprint density at radius 1 is 0.828 bits per heavy atom. The van der Waals surface area contributed by atoms with Crippen molar-refractivity contribution in [3.8, 4) is 22.6 Å². The molecular weight excluding hydrogens is 374 g/mol. The van der Waals surface area contributed by atoms with Crippen molar-refractivity contribution < 1.29 is 23.0 Å². The van der Waals surface area contributed by atoms with Crippen LogP contribution in [0.25, 0.3) is 11.1 Å². The van der Waals surface area contributed by atoms with E-state index in [2.05, 4.69) is 6.92 Å². The zero-order valence-corrected chi connectivity index (χ0v) is 16.2. The van der Waals surface area contributed by atoms with Crippen molar-refractivity contribution in [2.75, 3.05) is 6.61 Å². The zero-order chi connectivity index (χ0) is 20.6. The van der Waals surface area contributed by atoms with Crippen LogP contribution in [0.1, 0.15) is 36.5 Å². The first kappa shape index (κ1) is 20.5. The summed E-state index contributed by atoms with van der Waals surface area (Å²) < 4.78 is 38.3. The molecule has 0 N–H and O–H groups in total. The van der Waals surface area contributed by atoms with Gasteiger partial charge >= 0.3 is 5.97 Å². The minimum atomic E-state index is -0.787. The Kier molecular flexibility index (Phi) is 6.95. The first-order valence-corrected chi connectivity index (χ1v) is 9.57. The molecule has 0 atom stereocenters. The first-order chi connectivity index (χ1) is 14.1. The third-order valence-corrected chi connectivity index (χ3v) is 4.42. The molecule has 0 bridgehead atoms. The van der Waals surface area contributed by atoms with Crippen LogP contribution in [0, 0.1) is 11.6 Å². The molecular formula is C24H22F2O3. The van der Waals surface area contributed by atoms with Gasteiger partial charge in [0, 0.05) is 0 Å². The zero-order valence-electron chi connectivity index (χ0n) is 16.2. The standard InChI is InChI=1S/C24H22F2O3/c1-2-3-4-15-28-20-10-12-21(13-11-20)29-24(27)22-14-7-18(16-23(22)26)17-5-8-19(25)9-6-17/h5-14,16H,2-4,15H2,1H3. The highest BCUT2D eigenvalue weighted by Crippen LogP contribution is 2.24. The highest BCUT2D eigenvalue weighted by molar-refractivity contribution is 5.92. The van der Waals surface area contributed by atoms with Gasteiger partial charge in [-0.1, -0.05) is 38.0 Å². The lowest BCUT2D eigenvalue weighted by atomic mass is 10.0. The molecule has 0 unspecified atom stereocenters. The van der Waals surface area contributed by atoms with Crippen LogP contribution in [0.5, 0.6) is 11.5 Å². The summed E-state index contributed by atoms with van der Waals surface area (Å²) in [5, 5.41) is 0. The Hall–Kier alpha value is -3.21. The number of unbranched alkanes of at least 4 members (excludes halogenated alkanes) is 2. The van der Waals surface area contributed by atoms with E-state index >= 15 is 0 Å². The van der Waals surface area contributed by atoms with Crippen molar-refractivity contribution in [1.29, 1.82) is 0 Å². The van der Waals surface area contributed by atoms with E-state index < -0.39 is 11.8 Å². The summed E-state index contributed by atoms with van der Waals surface area (Å²) in [6.07, 6.45) is 3.22. The van der Waals surface area contributed by atoms with Gasteiger partial charge in [0.1, 0.15) is 23.1 Å². The van der Waals surface area contributed by atoms with Gasteiger partial charge < -0.3 is 9.47 Å². The summed E-state index contributed by atoms with van der Waals surface area (Å²) in [6.45, 7) is 2.76. The Morgan fingerprint density at radius 2 is 1.48 bits per heavy atom. The van der Waals surface area contributed by atoms with Gasteiger partial charge in [-0.3, -0.25) is 0 Å².